The number of hydrogen-bond acceptors (Lipinski definition) is 2. The van der Waals surface area contributed by atoms with E-state index < -0.39 is 0 Å². The van der Waals surface area contributed by atoms with Gasteiger partial charge in [0.15, 0.2) is 0 Å². The average Bonchev–Trinajstić information content (AvgIpc) is 2.33. The van der Waals surface area contributed by atoms with Gasteiger partial charge in [0, 0.05) is 11.6 Å². The second-order valence-corrected chi connectivity index (χ2v) is 7.06. The fraction of sp³-hybridized carbons (Fsp3) is 1.00. The van der Waals surface area contributed by atoms with E-state index in [1.165, 1.54) is 45.2 Å². The van der Waals surface area contributed by atoms with Crippen LogP contribution in [0.3, 0.4) is 0 Å². The van der Waals surface area contributed by atoms with Crippen LogP contribution in [0.2, 0.25) is 0 Å². The van der Waals surface area contributed by atoms with Crippen LogP contribution in [0.5, 0.6) is 0 Å². The van der Waals surface area contributed by atoms with Crippen molar-refractivity contribution in [3.05, 3.63) is 0 Å². The van der Waals surface area contributed by atoms with Gasteiger partial charge in [-0.1, -0.05) is 13.3 Å². The van der Waals surface area contributed by atoms with Gasteiger partial charge in [-0.2, -0.15) is 0 Å². The minimum atomic E-state index is 0.267. The quantitative estimate of drug-likeness (QED) is 0.728. The molecule has 0 spiro atoms. The highest BCUT2D eigenvalue weighted by Crippen LogP contribution is 2.22. The van der Waals surface area contributed by atoms with Crippen molar-refractivity contribution in [1.29, 1.82) is 0 Å². The van der Waals surface area contributed by atoms with Crippen LogP contribution in [0.4, 0.5) is 0 Å². The molecule has 1 unspecified atom stereocenters. The Kier molecular flexibility index (Phi) is 6.65. The van der Waals surface area contributed by atoms with E-state index in [0.29, 0.717) is 0 Å². The van der Waals surface area contributed by atoms with Gasteiger partial charge in [-0.15, -0.1) is 0 Å². The molecule has 108 valence electrons. The normalized spacial score (nSPS) is 21.2. The second-order valence-electron chi connectivity index (χ2n) is 7.06. The largest absolute Gasteiger partial charge is 0.312 e. The summed E-state index contributed by atoms with van der Waals surface area (Å²) in [4.78, 5) is 2.70. The molecule has 0 saturated carbocycles. The summed E-state index contributed by atoms with van der Waals surface area (Å²) in [6, 6.07) is 0.768. The third-order valence-corrected chi connectivity index (χ3v) is 4.30. The molecule has 2 heteroatoms. The lowest BCUT2D eigenvalue weighted by Crippen LogP contribution is -2.41. The van der Waals surface area contributed by atoms with Crippen LogP contribution in [0.25, 0.3) is 0 Å². The van der Waals surface area contributed by atoms with Crippen LogP contribution < -0.4 is 5.32 Å². The zero-order valence-electron chi connectivity index (χ0n) is 13.3. The predicted octanol–water partition coefficient (Wildman–Crippen LogP) is 3.67. The maximum Gasteiger partial charge on any atom is 0.00965 e. The first-order chi connectivity index (χ1) is 8.42. The Morgan fingerprint density at radius 2 is 1.83 bits per heavy atom. The molecule has 0 bridgehead atoms. The van der Waals surface area contributed by atoms with Gasteiger partial charge in [0.25, 0.3) is 0 Å². The van der Waals surface area contributed by atoms with Gasteiger partial charge in [-0.25, -0.2) is 0 Å². The van der Waals surface area contributed by atoms with Gasteiger partial charge in [0.2, 0.25) is 0 Å². The first kappa shape index (κ1) is 16.0. The molecule has 0 radical (unpaired) electrons. The van der Waals surface area contributed by atoms with Gasteiger partial charge in [0.05, 0.1) is 0 Å². The number of nitrogens with one attached hydrogen (secondary N) is 1. The summed E-state index contributed by atoms with van der Waals surface area (Å²) in [5.74, 6) is 0.996. The van der Waals surface area contributed by atoms with E-state index >= 15 is 0 Å². The Hall–Kier alpha value is -0.0800. The van der Waals surface area contributed by atoms with E-state index in [1.54, 1.807) is 0 Å². The molecule has 1 atom stereocenters. The Labute approximate surface area is 115 Å². The minimum absolute atomic E-state index is 0.267. The summed E-state index contributed by atoms with van der Waals surface area (Å²) in [5, 5.41) is 3.58. The fourth-order valence-electron chi connectivity index (χ4n) is 2.85. The van der Waals surface area contributed by atoms with Crippen molar-refractivity contribution in [2.24, 2.45) is 5.92 Å². The van der Waals surface area contributed by atoms with Crippen molar-refractivity contribution in [3.8, 4) is 0 Å². The van der Waals surface area contributed by atoms with Crippen molar-refractivity contribution >= 4 is 0 Å². The molecule has 1 aliphatic heterocycles. The molecule has 1 saturated heterocycles. The molecule has 1 heterocycles. The van der Waals surface area contributed by atoms with Gasteiger partial charge in [-0.05, 0) is 78.9 Å². The molecule has 0 aromatic rings. The maximum absolute atomic E-state index is 3.58. The van der Waals surface area contributed by atoms with Crippen molar-refractivity contribution in [2.75, 3.05) is 19.6 Å². The van der Waals surface area contributed by atoms with Crippen LogP contribution in [0, 0.1) is 5.92 Å². The SMILES string of the molecule is CCC1CCN(C(C)CCCNC(C)(C)C)CC1. The summed E-state index contributed by atoms with van der Waals surface area (Å²) in [6.45, 7) is 15.3. The molecule has 18 heavy (non-hydrogen) atoms. The van der Waals surface area contributed by atoms with E-state index in [2.05, 4.69) is 44.8 Å². The number of likely N-dealkylation sites (tertiary alicyclic amines) is 1. The minimum Gasteiger partial charge on any atom is -0.312 e. The first-order valence-electron chi connectivity index (χ1n) is 7.91. The molecular formula is C16H34N2. The molecule has 1 rings (SSSR count). The lowest BCUT2D eigenvalue weighted by molar-refractivity contribution is 0.132. The number of piperidine rings is 1. The summed E-state index contributed by atoms with van der Waals surface area (Å²) in [6.07, 6.45) is 6.84. The van der Waals surface area contributed by atoms with E-state index in [0.717, 1.165) is 18.5 Å². The zero-order valence-corrected chi connectivity index (χ0v) is 13.3. The van der Waals surface area contributed by atoms with Crippen LogP contribution in [0.15, 0.2) is 0 Å². The smallest absolute Gasteiger partial charge is 0.00965 e. The van der Waals surface area contributed by atoms with E-state index in [9.17, 15) is 0 Å². The Balaban J connectivity index is 2.12. The highest BCUT2D eigenvalue weighted by atomic mass is 15.2. The van der Waals surface area contributed by atoms with Crippen LogP contribution in [-0.4, -0.2) is 36.1 Å². The topological polar surface area (TPSA) is 15.3 Å². The van der Waals surface area contributed by atoms with Crippen LogP contribution in [0.1, 0.15) is 66.7 Å². The van der Waals surface area contributed by atoms with Gasteiger partial charge in [-0.3, -0.25) is 0 Å². The zero-order chi connectivity index (χ0) is 13.6. The van der Waals surface area contributed by atoms with Crippen LogP contribution >= 0.6 is 0 Å². The van der Waals surface area contributed by atoms with Crippen molar-refractivity contribution in [3.63, 3.8) is 0 Å². The van der Waals surface area contributed by atoms with E-state index in [4.69, 9.17) is 0 Å². The Morgan fingerprint density at radius 3 is 2.33 bits per heavy atom. The monoisotopic (exact) mass is 254 g/mol. The number of nitrogens with zero attached hydrogens (tertiary/aromatic N) is 1. The molecule has 0 aromatic heterocycles. The summed E-state index contributed by atoms with van der Waals surface area (Å²) >= 11 is 0. The predicted molar refractivity (Wildman–Crippen MR) is 81.0 cm³/mol. The molecule has 2 nitrogen and oxygen atoms in total. The maximum atomic E-state index is 3.58. The third-order valence-electron chi connectivity index (χ3n) is 4.30. The average molecular weight is 254 g/mol. The molecule has 1 N–H and O–H groups in total. The van der Waals surface area contributed by atoms with Gasteiger partial charge < -0.3 is 10.2 Å². The summed E-state index contributed by atoms with van der Waals surface area (Å²) in [7, 11) is 0. The standard InChI is InChI=1S/C16H34N2/c1-6-15-9-12-18(13-10-15)14(2)8-7-11-17-16(3,4)5/h14-15,17H,6-13H2,1-5H3. The van der Waals surface area contributed by atoms with E-state index in [1.807, 2.05) is 0 Å². The van der Waals surface area contributed by atoms with E-state index in [-0.39, 0.29) is 5.54 Å². The number of rotatable bonds is 6. The summed E-state index contributed by atoms with van der Waals surface area (Å²) < 4.78 is 0. The molecule has 0 amide bonds. The van der Waals surface area contributed by atoms with Gasteiger partial charge >= 0.3 is 0 Å². The Morgan fingerprint density at radius 1 is 1.22 bits per heavy atom. The second kappa shape index (κ2) is 7.49. The lowest BCUT2D eigenvalue weighted by atomic mass is 9.93. The van der Waals surface area contributed by atoms with Crippen molar-refractivity contribution in [2.45, 2.75) is 78.3 Å². The molecule has 0 aromatic carbocycles. The molecular weight excluding hydrogens is 220 g/mol. The fourth-order valence-corrected chi connectivity index (χ4v) is 2.85. The first-order valence-corrected chi connectivity index (χ1v) is 7.91. The molecule has 0 aliphatic carbocycles. The van der Waals surface area contributed by atoms with Crippen molar-refractivity contribution in [1.82, 2.24) is 10.2 Å². The Bertz CT molecular complexity index is 212. The highest BCUT2D eigenvalue weighted by Gasteiger charge is 2.21. The lowest BCUT2D eigenvalue weighted by Gasteiger charge is -2.36. The molecule has 1 aliphatic rings. The number of hydrogen-bond donors (Lipinski definition) is 1. The third kappa shape index (κ3) is 6.19. The molecule has 1 fully saturated rings. The van der Waals surface area contributed by atoms with Crippen molar-refractivity contribution < 1.29 is 0 Å². The van der Waals surface area contributed by atoms with Crippen LogP contribution in [-0.2, 0) is 0 Å². The highest BCUT2D eigenvalue weighted by molar-refractivity contribution is 4.76. The summed E-state index contributed by atoms with van der Waals surface area (Å²) in [5.41, 5.74) is 0.267. The van der Waals surface area contributed by atoms with Gasteiger partial charge in [0.1, 0.15) is 0 Å².